The number of aromatic nitrogens is 5. The highest BCUT2D eigenvalue weighted by molar-refractivity contribution is 5.83. The van der Waals surface area contributed by atoms with Crippen LogP contribution >= 0.6 is 0 Å². The summed E-state index contributed by atoms with van der Waals surface area (Å²) in [5, 5.41) is 13.2. The summed E-state index contributed by atoms with van der Waals surface area (Å²) in [7, 11) is 1.60. The molecule has 27 heavy (non-hydrogen) atoms. The Bertz CT molecular complexity index is 1160. The normalized spacial score (nSPS) is 12.9. The van der Waals surface area contributed by atoms with Gasteiger partial charge in [0.25, 0.3) is 5.56 Å². The van der Waals surface area contributed by atoms with Crippen molar-refractivity contribution in [3.05, 3.63) is 46.8 Å². The fourth-order valence-electron chi connectivity index (χ4n) is 3.05. The molecule has 0 bridgehead atoms. The number of aliphatic hydroxyl groups excluding tert-OH is 1. The minimum Gasteiger partial charge on any atom is -0.396 e. The summed E-state index contributed by atoms with van der Waals surface area (Å²) in [6, 6.07) is 7.60. The van der Waals surface area contributed by atoms with Crippen LogP contribution in [0, 0.1) is 0 Å². The molecular weight excluding hydrogens is 350 g/mol. The Morgan fingerprint density at radius 3 is 2.81 bits per heavy atom. The molecule has 1 unspecified atom stereocenters. The second-order valence-corrected chi connectivity index (χ2v) is 6.29. The molecule has 1 N–H and O–H groups in total. The summed E-state index contributed by atoms with van der Waals surface area (Å²) in [6.07, 6.45) is 1.58. The van der Waals surface area contributed by atoms with E-state index in [1.807, 2.05) is 24.3 Å². The maximum Gasteiger partial charge on any atom is 0.277 e. The predicted molar refractivity (Wildman–Crippen MR) is 97.6 cm³/mol. The van der Waals surface area contributed by atoms with Gasteiger partial charge in [-0.2, -0.15) is 4.98 Å². The molecular formula is C18H19N5O4. The number of nitrogens with zero attached hydrogens (tertiary/aromatic N) is 5. The number of hydrogen-bond donors (Lipinski definition) is 1. The summed E-state index contributed by atoms with van der Waals surface area (Å²) < 4.78 is 13.8. The highest BCUT2D eigenvalue weighted by Gasteiger charge is 2.21. The van der Waals surface area contributed by atoms with Gasteiger partial charge in [0.15, 0.2) is 0 Å². The average Bonchev–Trinajstić information content (AvgIpc) is 3.34. The topological polar surface area (TPSA) is 108 Å². The molecule has 0 spiro atoms. The number of rotatable bonds is 6. The van der Waals surface area contributed by atoms with Crippen molar-refractivity contribution >= 4 is 16.6 Å². The van der Waals surface area contributed by atoms with Crippen molar-refractivity contribution in [1.29, 1.82) is 0 Å². The highest BCUT2D eigenvalue weighted by Crippen LogP contribution is 2.23. The lowest BCUT2D eigenvalue weighted by atomic mass is 10.2. The maximum atomic E-state index is 13.2. The molecule has 0 saturated heterocycles. The fraction of sp³-hybridized carbons (Fsp3) is 0.333. The van der Waals surface area contributed by atoms with Crippen LogP contribution in [-0.2, 0) is 11.3 Å². The van der Waals surface area contributed by atoms with Gasteiger partial charge >= 0.3 is 0 Å². The van der Waals surface area contributed by atoms with Crippen molar-refractivity contribution in [3.63, 3.8) is 0 Å². The first-order valence-electron chi connectivity index (χ1n) is 8.58. The van der Waals surface area contributed by atoms with Crippen LogP contribution < -0.4 is 5.56 Å². The molecule has 3 aromatic heterocycles. The zero-order valence-electron chi connectivity index (χ0n) is 15.0. The molecule has 0 amide bonds. The van der Waals surface area contributed by atoms with Gasteiger partial charge in [0.05, 0.1) is 30.2 Å². The third-order valence-electron chi connectivity index (χ3n) is 4.52. The predicted octanol–water partition coefficient (Wildman–Crippen LogP) is 1.44. The van der Waals surface area contributed by atoms with Crippen LogP contribution in [0.4, 0.5) is 0 Å². The smallest absolute Gasteiger partial charge is 0.277 e. The van der Waals surface area contributed by atoms with Crippen LogP contribution in [-0.4, -0.2) is 49.5 Å². The minimum atomic E-state index is -0.292. The van der Waals surface area contributed by atoms with E-state index in [2.05, 4.69) is 15.1 Å². The van der Waals surface area contributed by atoms with E-state index in [4.69, 9.17) is 9.26 Å². The Balaban J connectivity index is 1.97. The average molecular weight is 369 g/mol. The van der Waals surface area contributed by atoms with Crippen molar-refractivity contribution in [2.75, 3.05) is 20.3 Å². The molecule has 4 aromatic rings. The molecule has 4 rings (SSSR count). The molecule has 0 radical (unpaired) electrons. The molecule has 0 aliphatic carbocycles. The molecule has 3 heterocycles. The van der Waals surface area contributed by atoms with Gasteiger partial charge in [-0.1, -0.05) is 24.2 Å². The first-order chi connectivity index (χ1) is 13.2. The number of benzene rings is 1. The lowest BCUT2D eigenvalue weighted by Crippen LogP contribution is -2.25. The summed E-state index contributed by atoms with van der Waals surface area (Å²) in [4.78, 5) is 21.9. The summed E-state index contributed by atoms with van der Waals surface area (Å²) in [5.41, 5.74) is 2.14. The van der Waals surface area contributed by atoms with Crippen LogP contribution in [0.5, 0.6) is 0 Å². The quantitative estimate of drug-likeness (QED) is 0.548. The zero-order valence-corrected chi connectivity index (χ0v) is 15.0. The highest BCUT2D eigenvalue weighted by atomic mass is 16.5. The first kappa shape index (κ1) is 17.4. The molecule has 9 heteroatoms. The largest absolute Gasteiger partial charge is 0.396 e. The van der Waals surface area contributed by atoms with Gasteiger partial charge in [0.2, 0.25) is 11.7 Å². The van der Waals surface area contributed by atoms with Gasteiger partial charge in [0.1, 0.15) is 17.5 Å². The fourth-order valence-corrected chi connectivity index (χ4v) is 3.05. The van der Waals surface area contributed by atoms with Crippen LogP contribution in [0.25, 0.3) is 28.1 Å². The summed E-state index contributed by atoms with van der Waals surface area (Å²) in [5.74, 6) is 0.229. The van der Waals surface area contributed by atoms with Crippen molar-refractivity contribution in [2.45, 2.75) is 19.4 Å². The van der Waals surface area contributed by atoms with Crippen LogP contribution in [0.1, 0.15) is 18.7 Å². The second-order valence-electron chi connectivity index (χ2n) is 6.29. The van der Waals surface area contributed by atoms with E-state index in [1.54, 1.807) is 29.3 Å². The number of fused-ring (bicyclic) bond motifs is 3. The van der Waals surface area contributed by atoms with E-state index in [0.29, 0.717) is 30.3 Å². The Morgan fingerprint density at radius 1 is 1.30 bits per heavy atom. The van der Waals surface area contributed by atoms with Gasteiger partial charge in [0, 0.05) is 13.7 Å². The Labute approximate surface area is 153 Å². The molecule has 1 atom stereocenters. The van der Waals surface area contributed by atoms with Crippen molar-refractivity contribution in [1.82, 2.24) is 24.1 Å². The monoisotopic (exact) mass is 369 g/mol. The van der Waals surface area contributed by atoms with Gasteiger partial charge in [-0.25, -0.2) is 4.98 Å². The van der Waals surface area contributed by atoms with Crippen molar-refractivity contribution < 1.29 is 14.4 Å². The maximum absolute atomic E-state index is 13.2. The van der Waals surface area contributed by atoms with Crippen molar-refractivity contribution in [3.8, 4) is 11.5 Å². The van der Waals surface area contributed by atoms with Gasteiger partial charge in [-0.3, -0.25) is 9.20 Å². The van der Waals surface area contributed by atoms with Gasteiger partial charge in [-0.05, 0) is 12.1 Å². The lowest BCUT2D eigenvalue weighted by Gasteiger charge is -2.11. The van der Waals surface area contributed by atoms with Crippen LogP contribution in [0.3, 0.4) is 0 Å². The van der Waals surface area contributed by atoms with E-state index in [9.17, 15) is 9.90 Å². The van der Waals surface area contributed by atoms with Crippen LogP contribution in [0.15, 0.2) is 39.9 Å². The molecule has 0 aliphatic rings. The van der Waals surface area contributed by atoms with E-state index < -0.39 is 0 Å². The van der Waals surface area contributed by atoms with E-state index >= 15 is 0 Å². The molecule has 9 nitrogen and oxygen atoms in total. The Morgan fingerprint density at radius 2 is 2.07 bits per heavy atom. The molecule has 0 fully saturated rings. The zero-order chi connectivity index (χ0) is 19.0. The Kier molecular flexibility index (Phi) is 4.46. The SMILES string of the molecule is COCCn1c(=O)c2c(-c3noc(C(C)CO)n3)ncn2c2ccccc21. The second kappa shape index (κ2) is 6.93. The molecule has 0 aliphatic heterocycles. The summed E-state index contributed by atoms with van der Waals surface area (Å²) in [6.45, 7) is 2.48. The van der Waals surface area contributed by atoms with Crippen LogP contribution in [0.2, 0.25) is 0 Å². The number of hydrogen-bond acceptors (Lipinski definition) is 7. The minimum absolute atomic E-state index is 0.111. The number of para-hydroxylation sites is 2. The van der Waals surface area contributed by atoms with Gasteiger partial charge in [-0.15, -0.1) is 0 Å². The Hall–Kier alpha value is -3.04. The number of aliphatic hydroxyl groups is 1. The van der Waals surface area contributed by atoms with Gasteiger partial charge < -0.3 is 18.9 Å². The standard InChI is InChI=1S/C18H19N5O4/c1-11(9-24)17-20-16(21-27-17)14-15-18(25)22(7-8-26-2)12-5-3-4-6-13(12)23(15)10-19-14/h3-6,10-11,24H,7-9H2,1-2H3. The number of ether oxygens (including phenoxy) is 1. The van der Waals surface area contributed by atoms with E-state index in [1.165, 1.54) is 0 Å². The first-order valence-corrected chi connectivity index (χ1v) is 8.58. The van der Waals surface area contributed by atoms with E-state index in [-0.39, 0.29) is 23.9 Å². The number of methoxy groups -OCH3 is 1. The van der Waals surface area contributed by atoms with E-state index in [0.717, 1.165) is 11.0 Å². The summed E-state index contributed by atoms with van der Waals surface area (Å²) >= 11 is 0. The lowest BCUT2D eigenvalue weighted by molar-refractivity contribution is 0.187. The molecule has 0 saturated carbocycles. The molecule has 1 aromatic carbocycles. The molecule has 140 valence electrons. The van der Waals surface area contributed by atoms with Crippen molar-refractivity contribution in [2.24, 2.45) is 0 Å². The third kappa shape index (κ3) is 2.81. The third-order valence-corrected chi connectivity index (χ3v) is 4.52. The number of imidazole rings is 1.